The second-order valence-electron chi connectivity index (χ2n) is 4.79. The number of halogens is 3. The van der Waals surface area contributed by atoms with Gasteiger partial charge in [-0.15, -0.1) is 0 Å². The largest absolute Gasteiger partial charge is 0.545 e. The predicted octanol–water partition coefficient (Wildman–Crippen LogP) is -1.53. The number of nitrogens with zero attached hydrogens (tertiary/aromatic N) is 4. The van der Waals surface area contributed by atoms with Crippen LogP contribution in [0.5, 0.6) is 6.01 Å². The van der Waals surface area contributed by atoms with Crippen LogP contribution in [0.15, 0.2) is 12.2 Å². The average molecular weight is 429 g/mol. The number of hydrogen-bond donors (Lipinski definition) is 2. The van der Waals surface area contributed by atoms with Gasteiger partial charge in [0.2, 0.25) is 9.74 Å². The van der Waals surface area contributed by atoms with Gasteiger partial charge in [-0.25, -0.2) is 4.79 Å². The highest BCUT2D eigenvalue weighted by Crippen LogP contribution is 2.36. The van der Waals surface area contributed by atoms with Crippen molar-refractivity contribution in [2.75, 3.05) is 38.2 Å². The summed E-state index contributed by atoms with van der Waals surface area (Å²) in [4.78, 5) is 33.3. The summed E-state index contributed by atoms with van der Waals surface area (Å²) in [6.07, 6.45) is 0.942. The minimum absolute atomic E-state index is 0.0731. The fraction of sp³-hybridized carbons (Fsp3) is 0.462. The fourth-order valence-corrected chi connectivity index (χ4v) is 2.05. The smallest absolute Gasteiger partial charge is 0.328 e. The number of aromatic nitrogens is 3. The Kier molecular flexibility index (Phi) is 8.79. The van der Waals surface area contributed by atoms with Gasteiger partial charge in [-0.2, -0.15) is 15.0 Å². The molecule has 0 unspecified atom stereocenters. The Morgan fingerprint density at radius 1 is 1.23 bits per heavy atom. The number of alkyl halides is 3. The van der Waals surface area contributed by atoms with Crippen LogP contribution in [-0.2, 0) is 13.4 Å². The Morgan fingerprint density at radius 3 is 2.27 bits per heavy atom. The van der Waals surface area contributed by atoms with E-state index in [2.05, 4.69) is 20.3 Å². The van der Waals surface area contributed by atoms with Crippen LogP contribution in [0.2, 0.25) is 0 Å². The summed E-state index contributed by atoms with van der Waals surface area (Å²) in [5.74, 6) is -2.25. The Hall–Kier alpha value is -1.88. The second-order valence-corrected chi connectivity index (χ2v) is 7.07. The number of carbonyl (C=O) groups is 2. The number of anilines is 1. The van der Waals surface area contributed by atoms with Gasteiger partial charge in [0.25, 0.3) is 0 Å². The van der Waals surface area contributed by atoms with Crippen LogP contribution in [0.25, 0.3) is 0 Å². The summed E-state index contributed by atoms with van der Waals surface area (Å²) in [7, 11) is 1.46. The third-order valence-electron chi connectivity index (χ3n) is 2.89. The number of rotatable bonds is 4. The molecule has 0 bridgehead atoms. The molecule has 1 fully saturated rings. The third kappa shape index (κ3) is 8.00. The number of piperazine rings is 1. The molecule has 10 nitrogen and oxygen atoms in total. The first-order valence-corrected chi connectivity index (χ1v) is 8.32. The molecule has 0 aliphatic carbocycles. The number of carboxylic acid groups (broad SMARTS) is 2. The van der Waals surface area contributed by atoms with E-state index in [1.165, 1.54) is 7.11 Å². The normalized spacial score (nSPS) is 14.5. The SMILES string of the molecule is COc1nc(N2CC[NH2+]CC2)nc(C(Cl)(Cl)Cl)n1.O=C([O-])/C=C/C(=O)O. The van der Waals surface area contributed by atoms with Crippen molar-refractivity contribution in [3.63, 3.8) is 0 Å². The monoisotopic (exact) mass is 427 g/mol. The van der Waals surface area contributed by atoms with Crippen LogP contribution in [0.1, 0.15) is 5.82 Å². The molecule has 0 amide bonds. The van der Waals surface area contributed by atoms with Crippen molar-refractivity contribution in [3.8, 4) is 6.01 Å². The van der Waals surface area contributed by atoms with Crippen molar-refractivity contribution in [1.29, 1.82) is 0 Å². The molecular weight excluding hydrogens is 413 g/mol. The van der Waals surface area contributed by atoms with E-state index in [0.717, 1.165) is 26.2 Å². The number of ether oxygens (including phenoxy) is 1. The van der Waals surface area contributed by atoms with Crippen LogP contribution in [0, 0.1) is 0 Å². The maximum atomic E-state index is 9.53. The van der Waals surface area contributed by atoms with Gasteiger partial charge in [0.05, 0.1) is 39.3 Å². The Labute approximate surface area is 163 Å². The maximum absolute atomic E-state index is 9.53. The lowest BCUT2D eigenvalue weighted by molar-refractivity contribution is -0.655. The van der Waals surface area contributed by atoms with Crippen LogP contribution in [0.4, 0.5) is 5.95 Å². The molecule has 0 saturated carbocycles. The molecule has 3 N–H and O–H groups in total. The van der Waals surface area contributed by atoms with E-state index in [4.69, 9.17) is 44.6 Å². The molecule has 1 aromatic heterocycles. The van der Waals surface area contributed by atoms with Gasteiger partial charge in [0, 0.05) is 6.08 Å². The second kappa shape index (κ2) is 10.3. The van der Waals surface area contributed by atoms with Crippen molar-refractivity contribution >= 4 is 52.7 Å². The van der Waals surface area contributed by atoms with Gasteiger partial charge in [-0.3, -0.25) is 0 Å². The first-order chi connectivity index (χ1) is 12.1. The lowest BCUT2D eigenvalue weighted by Gasteiger charge is -2.25. The number of methoxy groups -OCH3 is 1. The van der Waals surface area contributed by atoms with Crippen LogP contribution < -0.4 is 20.1 Å². The number of quaternary nitrogens is 1. The van der Waals surface area contributed by atoms with Crippen molar-refractivity contribution in [2.45, 2.75) is 3.79 Å². The summed E-state index contributed by atoms with van der Waals surface area (Å²) in [5.41, 5.74) is 0. The summed E-state index contributed by atoms with van der Waals surface area (Å²) < 4.78 is 3.32. The van der Waals surface area contributed by atoms with E-state index in [1.54, 1.807) is 0 Å². The molecule has 0 aromatic carbocycles. The molecule has 1 aliphatic rings. The van der Waals surface area contributed by atoms with Gasteiger partial charge in [-0.05, 0) is 6.08 Å². The summed E-state index contributed by atoms with van der Waals surface area (Å²) >= 11 is 17.4. The number of aliphatic carboxylic acids is 2. The number of nitrogens with two attached hydrogens (primary N) is 1. The molecular formula is C13H16Cl3N5O5. The average Bonchev–Trinajstić information content (AvgIpc) is 2.60. The van der Waals surface area contributed by atoms with E-state index in [9.17, 15) is 14.7 Å². The molecule has 13 heteroatoms. The Morgan fingerprint density at radius 2 is 1.85 bits per heavy atom. The zero-order chi connectivity index (χ0) is 19.7. The minimum atomic E-state index is -1.69. The quantitative estimate of drug-likeness (QED) is 0.430. The highest BCUT2D eigenvalue weighted by molar-refractivity contribution is 6.66. The van der Waals surface area contributed by atoms with E-state index in [-0.39, 0.29) is 11.8 Å². The number of carbonyl (C=O) groups excluding carboxylic acids is 1. The van der Waals surface area contributed by atoms with E-state index >= 15 is 0 Å². The molecule has 144 valence electrons. The summed E-state index contributed by atoms with van der Waals surface area (Å²) in [6, 6.07) is 0.149. The molecule has 0 spiro atoms. The van der Waals surface area contributed by atoms with E-state index in [0.29, 0.717) is 18.1 Å². The molecule has 26 heavy (non-hydrogen) atoms. The Bertz CT molecular complexity index is 646. The molecule has 1 saturated heterocycles. The summed E-state index contributed by atoms with van der Waals surface area (Å²) in [5, 5.41) is 19.5. The van der Waals surface area contributed by atoms with Gasteiger partial charge in [0.15, 0.2) is 5.82 Å². The van der Waals surface area contributed by atoms with E-state index < -0.39 is 15.7 Å². The molecule has 1 aliphatic heterocycles. The van der Waals surface area contributed by atoms with Gasteiger partial charge < -0.3 is 30.0 Å². The third-order valence-corrected chi connectivity index (χ3v) is 3.40. The summed E-state index contributed by atoms with van der Waals surface area (Å²) in [6.45, 7) is 3.65. The zero-order valence-electron chi connectivity index (χ0n) is 13.6. The first kappa shape index (κ1) is 22.2. The number of carboxylic acids is 2. The van der Waals surface area contributed by atoms with Crippen LogP contribution in [0.3, 0.4) is 0 Å². The molecule has 2 heterocycles. The highest BCUT2D eigenvalue weighted by Gasteiger charge is 2.30. The van der Waals surface area contributed by atoms with Crippen molar-refractivity contribution in [2.24, 2.45) is 0 Å². The van der Waals surface area contributed by atoms with Crippen molar-refractivity contribution < 1.29 is 29.9 Å². The molecule has 0 atom stereocenters. The van der Waals surface area contributed by atoms with Crippen LogP contribution in [-0.4, -0.2) is 65.3 Å². The standard InChI is InChI=1S/C9H12Cl3N5O.C4H4O4/c1-18-8-15-6(9(10,11)12)14-7(16-8)17-4-2-13-3-5-17;5-3(6)1-2-4(7)8/h13H,2-5H2,1H3;1-2H,(H,5,6)(H,7,8)/b;2-1+. The van der Waals surface area contributed by atoms with Gasteiger partial charge in [-0.1, -0.05) is 34.8 Å². The molecule has 0 radical (unpaired) electrons. The molecule has 2 rings (SSSR count). The number of hydrogen-bond acceptors (Lipinski definition) is 8. The van der Waals surface area contributed by atoms with Gasteiger partial charge in [0.1, 0.15) is 0 Å². The minimum Gasteiger partial charge on any atom is -0.545 e. The maximum Gasteiger partial charge on any atom is 0.328 e. The highest BCUT2D eigenvalue weighted by atomic mass is 35.6. The van der Waals surface area contributed by atoms with Crippen molar-refractivity contribution in [3.05, 3.63) is 18.0 Å². The predicted molar refractivity (Wildman–Crippen MR) is 91.3 cm³/mol. The van der Waals surface area contributed by atoms with Crippen LogP contribution >= 0.6 is 34.8 Å². The van der Waals surface area contributed by atoms with E-state index in [1.807, 2.05) is 4.90 Å². The topological polar surface area (TPSA) is 145 Å². The van der Waals surface area contributed by atoms with Crippen molar-refractivity contribution in [1.82, 2.24) is 15.0 Å². The lowest BCUT2D eigenvalue weighted by Crippen LogP contribution is -2.89. The molecule has 1 aromatic rings. The zero-order valence-corrected chi connectivity index (χ0v) is 15.8. The first-order valence-electron chi connectivity index (χ1n) is 7.19. The fourth-order valence-electron chi connectivity index (χ4n) is 1.80. The van der Waals surface area contributed by atoms with Gasteiger partial charge >= 0.3 is 12.0 Å². The lowest BCUT2D eigenvalue weighted by atomic mass is 10.4. The Balaban J connectivity index is 0.000000359.